The number of amides is 3. The SMILES string of the molecule is CCOC(=O)CCc1cccc(CNC(=O)c2cccc(NC(N)=O)c2)c1. The number of anilines is 1. The van der Waals surface area contributed by atoms with Crippen LogP contribution in [0.25, 0.3) is 0 Å². The van der Waals surface area contributed by atoms with Crippen molar-refractivity contribution in [2.24, 2.45) is 5.73 Å². The topological polar surface area (TPSA) is 111 Å². The van der Waals surface area contributed by atoms with Crippen molar-refractivity contribution in [2.75, 3.05) is 11.9 Å². The Bertz CT molecular complexity index is 820. The van der Waals surface area contributed by atoms with Crippen LogP contribution in [0.4, 0.5) is 10.5 Å². The van der Waals surface area contributed by atoms with E-state index in [0.717, 1.165) is 11.1 Å². The summed E-state index contributed by atoms with van der Waals surface area (Å²) in [7, 11) is 0. The molecule has 7 nitrogen and oxygen atoms in total. The number of rotatable bonds is 8. The molecule has 0 aliphatic rings. The lowest BCUT2D eigenvalue weighted by Gasteiger charge is -2.09. The highest BCUT2D eigenvalue weighted by molar-refractivity contribution is 5.96. The van der Waals surface area contributed by atoms with Gasteiger partial charge in [0.2, 0.25) is 0 Å². The number of aryl methyl sites for hydroxylation is 1. The van der Waals surface area contributed by atoms with Crippen LogP contribution in [0.2, 0.25) is 0 Å². The number of urea groups is 1. The van der Waals surface area contributed by atoms with Crippen LogP contribution >= 0.6 is 0 Å². The van der Waals surface area contributed by atoms with Crippen molar-refractivity contribution in [3.8, 4) is 0 Å². The van der Waals surface area contributed by atoms with Crippen molar-refractivity contribution in [3.63, 3.8) is 0 Å². The lowest BCUT2D eigenvalue weighted by molar-refractivity contribution is -0.143. The minimum atomic E-state index is -0.688. The average molecular weight is 369 g/mol. The molecule has 0 bridgehead atoms. The Morgan fingerprint density at radius 3 is 2.52 bits per heavy atom. The predicted molar refractivity (Wildman–Crippen MR) is 102 cm³/mol. The van der Waals surface area contributed by atoms with Crippen LogP contribution in [-0.4, -0.2) is 24.5 Å². The van der Waals surface area contributed by atoms with E-state index in [1.165, 1.54) is 0 Å². The molecule has 2 aromatic carbocycles. The molecule has 0 saturated heterocycles. The van der Waals surface area contributed by atoms with Crippen LogP contribution < -0.4 is 16.4 Å². The molecule has 0 aliphatic carbocycles. The number of carbonyl (C=O) groups is 3. The zero-order valence-electron chi connectivity index (χ0n) is 15.2. The number of esters is 1. The monoisotopic (exact) mass is 369 g/mol. The maximum absolute atomic E-state index is 12.3. The first-order chi connectivity index (χ1) is 13.0. The van der Waals surface area contributed by atoms with E-state index in [1.54, 1.807) is 31.2 Å². The van der Waals surface area contributed by atoms with E-state index >= 15 is 0 Å². The van der Waals surface area contributed by atoms with Crippen molar-refractivity contribution >= 4 is 23.6 Å². The summed E-state index contributed by atoms with van der Waals surface area (Å²) in [6, 6.07) is 13.5. The van der Waals surface area contributed by atoms with Gasteiger partial charge in [-0.15, -0.1) is 0 Å². The van der Waals surface area contributed by atoms with E-state index < -0.39 is 6.03 Å². The molecule has 0 heterocycles. The van der Waals surface area contributed by atoms with Gasteiger partial charge < -0.3 is 21.1 Å². The summed E-state index contributed by atoms with van der Waals surface area (Å²) in [4.78, 5) is 34.7. The molecule has 3 amide bonds. The highest BCUT2D eigenvalue weighted by atomic mass is 16.5. The highest BCUT2D eigenvalue weighted by Crippen LogP contribution is 2.12. The zero-order valence-corrected chi connectivity index (χ0v) is 15.2. The summed E-state index contributed by atoms with van der Waals surface area (Å²) in [5.74, 6) is -0.485. The van der Waals surface area contributed by atoms with Crippen LogP contribution in [0, 0.1) is 0 Å². The Balaban J connectivity index is 1.92. The second-order valence-corrected chi connectivity index (χ2v) is 5.88. The van der Waals surface area contributed by atoms with E-state index in [1.807, 2.05) is 24.3 Å². The van der Waals surface area contributed by atoms with Gasteiger partial charge in [-0.2, -0.15) is 0 Å². The van der Waals surface area contributed by atoms with Crippen molar-refractivity contribution in [1.82, 2.24) is 5.32 Å². The Morgan fingerprint density at radius 1 is 1.04 bits per heavy atom. The third-order valence-electron chi connectivity index (χ3n) is 3.76. The molecular formula is C20H23N3O4. The summed E-state index contributed by atoms with van der Waals surface area (Å²) in [6.45, 7) is 2.50. The van der Waals surface area contributed by atoms with Crippen LogP contribution in [0.1, 0.15) is 34.8 Å². The molecule has 0 unspecified atom stereocenters. The largest absolute Gasteiger partial charge is 0.466 e. The second-order valence-electron chi connectivity index (χ2n) is 5.88. The number of nitrogens with two attached hydrogens (primary N) is 1. The first kappa shape index (κ1) is 20.0. The molecule has 2 rings (SSSR count). The van der Waals surface area contributed by atoms with E-state index in [4.69, 9.17) is 10.5 Å². The number of ether oxygens (including phenoxy) is 1. The Labute approximate surface area is 157 Å². The molecule has 0 spiro atoms. The quantitative estimate of drug-likeness (QED) is 0.621. The summed E-state index contributed by atoms with van der Waals surface area (Å²) in [5, 5.41) is 5.27. The third kappa shape index (κ3) is 6.81. The fourth-order valence-corrected chi connectivity index (χ4v) is 2.54. The lowest BCUT2D eigenvalue weighted by atomic mass is 10.1. The number of primary amides is 1. The van der Waals surface area contributed by atoms with Crippen molar-refractivity contribution in [2.45, 2.75) is 26.3 Å². The standard InChI is InChI=1S/C20H23N3O4/c1-2-27-18(24)10-9-14-5-3-6-15(11-14)13-22-19(25)16-7-4-8-17(12-16)23-20(21)26/h3-8,11-12H,2,9-10,13H2,1H3,(H,22,25)(H3,21,23,26). The van der Waals surface area contributed by atoms with Gasteiger partial charge in [-0.3, -0.25) is 9.59 Å². The summed E-state index contributed by atoms with van der Waals surface area (Å²) in [5.41, 5.74) is 7.88. The number of hydrogen-bond acceptors (Lipinski definition) is 4. The maximum atomic E-state index is 12.3. The molecule has 7 heteroatoms. The minimum absolute atomic E-state index is 0.222. The van der Waals surface area contributed by atoms with Gasteiger partial charge in [0.1, 0.15) is 0 Å². The number of benzene rings is 2. The maximum Gasteiger partial charge on any atom is 0.316 e. The van der Waals surface area contributed by atoms with Gasteiger partial charge in [0.05, 0.1) is 6.61 Å². The molecule has 142 valence electrons. The van der Waals surface area contributed by atoms with Gasteiger partial charge in [0.25, 0.3) is 5.91 Å². The first-order valence-corrected chi connectivity index (χ1v) is 8.66. The number of nitrogens with one attached hydrogen (secondary N) is 2. The first-order valence-electron chi connectivity index (χ1n) is 8.66. The predicted octanol–water partition coefficient (Wildman–Crippen LogP) is 2.60. The second kappa shape index (κ2) is 9.96. The minimum Gasteiger partial charge on any atom is -0.466 e. The molecule has 0 atom stereocenters. The van der Waals surface area contributed by atoms with Gasteiger partial charge >= 0.3 is 12.0 Å². The lowest BCUT2D eigenvalue weighted by Crippen LogP contribution is -2.23. The highest BCUT2D eigenvalue weighted by Gasteiger charge is 2.08. The molecule has 0 fully saturated rings. The Hall–Kier alpha value is -3.35. The smallest absolute Gasteiger partial charge is 0.316 e. The molecule has 4 N–H and O–H groups in total. The molecule has 0 saturated carbocycles. The van der Waals surface area contributed by atoms with E-state index in [-0.39, 0.29) is 11.9 Å². The number of carbonyl (C=O) groups excluding carboxylic acids is 3. The Kier molecular flexibility index (Phi) is 7.37. The summed E-state index contributed by atoms with van der Waals surface area (Å²) < 4.78 is 4.93. The molecule has 2 aromatic rings. The Morgan fingerprint density at radius 2 is 1.78 bits per heavy atom. The van der Waals surface area contributed by atoms with Gasteiger partial charge in [-0.1, -0.05) is 30.3 Å². The van der Waals surface area contributed by atoms with Crippen LogP contribution in [-0.2, 0) is 22.5 Å². The normalized spacial score (nSPS) is 10.1. The molecule has 0 radical (unpaired) electrons. The third-order valence-corrected chi connectivity index (χ3v) is 3.76. The van der Waals surface area contributed by atoms with Crippen LogP contribution in [0.5, 0.6) is 0 Å². The van der Waals surface area contributed by atoms with Crippen molar-refractivity contribution in [1.29, 1.82) is 0 Å². The van der Waals surface area contributed by atoms with Crippen molar-refractivity contribution < 1.29 is 19.1 Å². The molecule has 0 aromatic heterocycles. The van der Waals surface area contributed by atoms with Gasteiger partial charge in [0.15, 0.2) is 0 Å². The average Bonchev–Trinajstić information content (AvgIpc) is 2.65. The van der Waals surface area contributed by atoms with Gasteiger partial charge in [-0.05, 0) is 42.7 Å². The zero-order chi connectivity index (χ0) is 19.6. The summed E-state index contributed by atoms with van der Waals surface area (Å²) in [6.07, 6.45) is 0.907. The molecular weight excluding hydrogens is 346 g/mol. The summed E-state index contributed by atoms with van der Waals surface area (Å²) >= 11 is 0. The van der Waals surface area contributed by atoms with Crippen LogP contribution in [0.15, 0.2) is 48.5 Å². The molecule has 27 heavy (non-hydrogen) atoms. The van der Waals surface area contributed by atoms with Gasteiger partial charge in [0, 0.05) is 24.2 Å². The van der Waals surface area contributed by atoms with E-state index in [2.05, 4.69) is 10.6 Å². The van der Waals surface area contributed by atoms with E-state index in [9.17, 15) is 14.4 Å². The van der Waals surface area contributed by atoms with Gasteiger partial charge in [-0.25, -0.2) is 4.79 Å². The van der Waals surface area contributed by atoms with E-state index in [0.29, 0.717) is 37.2 Å². The fourth-order valence-electron chi connectivity index (χ4n) is 2.54. The van der Waals surface area contributed by atoms with Crippen LogP contribution in [0.3, 0.4) is 0 Å². The van der Waals surface area contributed by atoms with Crippen molar-refractivity contribution in [3.05, 3.63) is 65.2 Å². The molecule has 0 aliphatic heterocycles. The fraction of sp³-hybridized carbons (Fsp3) is 0.250. The number of hydrogen-bond donors (Lipinski definition) is 3.